The lowest BCUT2D eigenvalue weighted by Crippen LogP contribution is -2.49. The summed E-state index contributed by atoms with van der Waals surface area (Å²) in [6.45, 7) is 11.4. The van der Waals surface area contributed by atoms with E-state index >= 15 is 0 Å². The summed E-state index contributed by atoms with van der Waals surface area (Å²) in [4.78, 5) is 21.5. The second-order valence-corrected chi connectivity index (χ2v) is 10.5. The number of piperazine rings is 1. The summed E-state index contributed by atoms with van der Waals surface area (Å²) in [7, 11) is 0. The van der Waals surface area contributed by atoms with Gasteiger partial charge in [-0.2, -0.15) is 0 Å². The third-order valence-corrected chi connectivity index (χ3v) is 8.04. The molecule has 5 nitrogen and oxygen atoms in total. The van der Waals surface area contributed by atoms with Gasteiger partial charge in [0.15, 0.2) is 0 Å². The molecule has 0 N–H and O–H groups in total. The Morgan fingerprint density at radius 3 is 2.41 bits per heavy atom. The normalized spacial score (nSPS) is 23.9. The van der Waals surface area contributed by atoms with Crippen LogP contribution in [-0.4, -0.2) is 84.0 Å². The van der Waals surface area contributed by atoms with Crippen molar-refractivity contribution in [3.63, 3.8) is 0 Å². The molecule has 0 bridgehead atoms. The van der Waals surface area contributed by atoms with Gasteiger partial charge in [-0.3, -0.25) is 9.80 Å². The zero-order valence-corrected chi connectivity index (χ0v) is 20.8. The zero-order valence-electron chi connectivity index (χ0n) is 20.1. The average molecular weight is 485 g/mol. The van der Waals surface area contributed by atoms with Gasteiger partial charge in [0.2, 0.25) is 0 Å². The van der Waals surface area contributed by atoms with Crippen LogP contribution in [0.2, 0.25) is 5.02 Å². The van der Waals surface area contributed by atoms with Crippen LogP contribution in [0.4, 0.5) is 9.18 Å². The molecule has 2 fully saturated rings. The topological polar surface area (TPSA) is 30.0 Å². The Bertz CT molecular complexity index is 1040. The first kappa shape index (κ1) is 23.6. The van der Waals surface area contributed by atoms with Crippen LogP contribution < -0.4 is 0 Å². The minimum Gasteiger partial charge on any atom is -0.322 e. The summed E-state index contributed by atoms with van der Waals surface area (Å²) in [6.07, 6.45) is 0.879. The fourth-order valence-corrected chi connectivity index (χ4v) is 6.06. The van der Waals surface area contributed by atoms with Crippen LogP contribution in [0.15, 0.2) is 42.5 Å². The van der Waals surface area contributed by atoms with Gasteiger partial charge in [0.1, 0.15) is 5.82 Å². The molecule has 2 heterocycles. The van der Waals surface area contributed by atoms with Crippen LogP contribution in [0, 0.1) is 5.82 Å². The van der Waals surface area contributed by atoms with Crippen LogP contribution in [0.5, 0.6) is 0 Å². The van der Waals surface area contributed by atoms with Crippen molar-refractivity contribution in [2.24, 2.45) is 0 Å². The molecule has 0 radical (unpaired) electrons. The molecule has 3 aliphatic rings. The van der Waals surface area contributed by atoms with E-state index in [9.17, 15) is 9.18 Å². The summed E-state index contributed by atoms with van der Waals surface area (Å²) in [6, 6.07) is 14.0. The average Bonchev–Trinajstić information content (AvgIpc) is 3.38. The molecule has 2 amide bonds. The van der Waals surface area contributed by atoms with Gasteiger partial charge in [-0.15, -0.1) is 0 Å². The van der Waals surface area contributed by atoms with Gasteiger partial charge in [-0.25, -0.2) is 9.18 Å². The van der Waals surface area contributed by atoms with E-state index in [-0.39, 0.29) is 29.8 Å². The van der Waals surface area contributed by atoms with Gasteiger partial charge in [0, 0.05) is 75.4 Å². The van der Waals surface area contributed by atoms with Crippen LogP contribution in [0.3, 0.4) is 0 Å². The molecule has 2 aliphatic heterocycles. The van der Waals surface area contributed by atoms with Crippen molar-refractivity contribution < 1.29 is 9.18 Å². The molecule has 0 spiro atoms. The summed E-state index contributed by atoms with van der Waals surface area (Å²) in [5, 5.41) is 0.707. The van der Waals surface area contributed by atoms with Gasteiger partial charge in [0.25, 0.3) is 0 Å². The molecule has 0 saturated carbocycles. The molecular formula is C27H34ClFN4O. The van der Waals surface area contributed by atoms with E-state index in [4.69, 9.17) is 11.6 Å². The molecule has 34 heavy (non-hydrogen) atoms. The van der Waals surface area contributed by atoms with E-state index < -0.39 is 0 Å². The smallest absolute Gasteiger partial charge is 0.320 e. The maximum atomic E-state index is 14.7. The molecular weight excluding hydrogens is 451 g/mol. The molecule has 2 atom stereocenters. The second kappa shape index (κ2) is 9.84. The fourth-order valence-electron chi connectivity index (χ4n) is 5.87. The van der Waals surface area contributed by atoms with Gasteiger partial charge >= 0.3 is 6.03 Å². The Hall–Kier alpha value is -2.15. The van der Waals surface area contributed by atoms with Crippen LogP contribution in [0.25, 0.3) is 0 Å². The Morgan fingerprint density at radius 1 is 0.941 bits per heavy atom. The zero-order chi connectivity index (χ0) is 23.8. The lowest BCUT2D eigenvalue weighted by molar-refractivity contribution is 0.0899. The predicted molar refractivity (Wildman–Crippen MR) is 134 cm³/mol. The summed E-state index contributed by atoms with van der Waals surface area (Å²) < 4.78 is 14.7. The van der Waals surface area contributed by atoms with Crippen molar-refractivity contribution in [2.45, 2.75) is 38.3 Å². The monoisotopic (exact) mass is 484 g/mol. The molecule has 2 aromatic rings. The highest BCUT2D eigenvalue weighted by Gasteiger charge is 2.38. The number of carbonyl (C=O) groups excluding carboxylic acids is 1. The van der Waals surface area contributed by atoms with Crippen molar-refractivity contribution in [3.8, 4) is 0 Å². The number of urea groups is 1. The van der Waals surface area contributed by atoms with E-state index in [0.717, 1.165) is 69.9 Å². The number of amides is 2. The number of rotatable bonds is 6. The highest BCUT2D eigenvalue weighted by Crippen LogP contribution is 2.48. The third kappa shape index (κ3) is 4.56. The van der Waals surface area contributed by atoms with Crippen molar-refractivity contribution >= 4 is 17.6 Å². The van der Waals surface area contributed by atoms with Gasteiger partial charge < -0.3 is 9.80 Å². The number of fused-ring (bicyclic) bond motifs is 1. The number of halogens is 2. The van der Waals surface area contributed by atoms with Crippen molar-refractivity contribution in [3.05, 3.63) is 70.0 Å². The minimum atomic E-state index is -0.142. The second-order valence-electron chi connectivity index (χ2n) is 10.0. The first-order chi connectivity index (χ1) is 16.4. The molecule has 7 heteroatoms. The molecule has 2 saturated heterocycles. The van der Waals surface area contributed by atoms with Gasteiger partial charge in [-0.05, 0) is 55.2 Å². The fraction of sp³-hybridized carbons (Fsp3) is 0.519. The maximum absolute atomic E-state index is 14.7. The number of benzene rings is 2. The van der Waals surface area contributed by atoms with E-state index in [1.54, 1.807) is 12.1 Å². The van der Waals surface area contributed by atoms with Crippen LogP contribution in [-0.2, 0) is 0 Å². The van der Waals surface area contributed by atoms with Crippen LogP contribution >= 0.6 is 11.6 Å². The maximum Gasteiger partial charge on any atom is 0.320 e. The molecule has 182 valence electrons. The van der Waals surface area contributed by atoms with Gasteiger partial charge in [-0.1, -0.05) is 35.9 Å². The Kier molecular flexibility index (Phi) is 6.83. The van der Waals surface area contributed by atoms with E-state index in [1.807, 2.05) is 34.1 Å². The van der Waals surface area contributed by atoms with Gasteiger partial charge in [0.05, 0.1) is 0 Å². The third-order valence-electron chi connectivity index (χ3n) is 7.81. The number of hydrogen-bond donors (Lipinski definition) is 0. The lowest BCUT2D eigenvalue weighted by atomic mass is 9.92. The van der Waals surface area contributed by atoms with Crippen molar-refractivity contribution in [1.82, 2.24) is 19.6 Å². The number of nitrogens with zero attached hydrogens (tertiary/aromatic N) is 4. The Labute approximate surface area is 207 Å². The molecule has 0 unspecified atom stereocenters. The molecule has 5 rings (SSSR count). The van der Waals surface area contributed by atoms with E-state index in [0.29, 0.717) is 5.02 Å². The number of hydrogen-bond acceptors (Lipinski definition) is 3. The van der Waals surface area contributed by atoms with E-state index in [1.165, 1.54) is 5.56 Å². The van der Waals surface area contributed by atoms with Crippen molar-refractivity contribution in [2.75, 3.05) is 52.4 Å². The Balaban J connectivity index is 1.22. The highest BCUT2D eigenvalue weighted by atomic mass is 35.5. The van der Waals surface area contributed by atoms with Crippen LogP contribution in [0.1, 0.15) is 48.9 Å². The molecule has 2 aromatic carbocycles. The summed E-state index contributed by atoms with van der Waals surface area (Å²) in [5.74, 6) is -0.112. The Morgan fingerprint density at radius 2 is 1.71 bits per heavy atom. The summed E-state index contributed by atoms with van der Waals surface area (Å²) >= 11 is 6.35. The van der Waals surface area contributed by atoms with E-state index in [2.05, 4.69) is 29.7 Å². The number of carbonyl (C=O) groups is 1. The quantitative estimate of drug-likeness (QED) is 0.589. The standard InChI is InChI=1S/C27H34ClFN4O/c1-19(2)33-16-15-32(27(33)34)14-11-30-9-12-31(13-10-30)26-18-24(21-5-3-4-6-25(21)29)23-17-20(28)7-8-22(23)26/h3-8,17,19,24,26H,9-16,18H2,1-2H3/t24-,26+/m1/s1. The SMILES string of the molecule is CC(C)N1CCN(CCN2CCN([C@H]3C[C@H](c4ccccc4F)c4cc(Cl)ccc43)CC2)C1=O. The minimum absolute atomic E-state index is 0.0306. The molecule has 0 aromatic heterocycles. The van der Waals surface area contributed by atoms with Crippen molar-refractivity contribution in [1.29, 1.82) is 0 Å². The molecule has 1 aliphatic carbocycles. The predicted octanol–water partition coefficient (Wildman–Crippen LogP) is 4.82. The highest BCUT2D eigenvalue weighted by molar-refractivity contribution is 6.30. The summed E-state index contributed by atoms with van der Waals surface area (Å²) in [5.41, 5.74) is 3.20. The lowest BCUT2D eigenvalue weighted by Gasteiger charge is -2.39. The first-order valence-electron chi connectivity index (χ1n) is 12.5. The first-order valence-corrected chi connectivity index (χ1v) is 12.9. The largest absolute Gasteiger partial charge is 0.322 e.